The Morgan fingerprint density at radius 3 is 2.59 bits per heavy atom. The molecule has 1 amide bonds. The predicted octanol–water partition coefficient (Wildman–Crippen LogP) is 3.02. The number of piperidine rings is 2. The Kier molecular flexibility index (Phi) is 7.18. The number of nitrogens with one attached hydrogen (secondary N) is 1. The molecule has 2 aliphatic rings. The summed E-state index contributed by atoms with van der Waals surface area (Å²) in [5, 5.41) is 5.01. The maximum absolute atomic E-state index is 12.0. The Morgan fingerprint density at radius 1 is 1.22 bits per heavy atom. The molecular weight excluding hydrogens is 364 g/mol. The van der Waals surface area contributed by atoms with E-state index in [0.717, 1.165) is 49.4 Å². The average Bonchev–Trinajstić information content (AvgIpc) is 2.66. The molecule has 1 aromatic rings. The minimum atomic E-state index is -0.234. The number of hydrogen-bond donors (Lipinski definition) is 1. The Morgan fingerprint density at radius 2 is 1.93 bits per heavy atom. The highest BCUT2D eigenvalue weighted by Crippen LogP contribution is 2.32. The molecule has 0 saturated carbocycles. The van der Waals surface area contributed by atoms with Crippen LogP contribution in [0.4, 0.5) is 4.79 Å². The molecule has 2 aliphatic heterocycles. The van der Waals surface area contributed by atoms with Gasteiger partial charge < -0.3 is 19.7 Å². The summed E-state index contributed by atoms with van der Waals surface area (Å²) in [6, 6.07) is 0. The van der Waals surface area contributed by atoms with E-state index in [1.165, 1.54) is 0 Å². The van der Waals surface area contributed by atoms with Crippen LogP contribution in [0.25, 0.3) is 0 Å². The van der Waals surface area contributed by atoms with E-state index in [1.807, 2.05) is 32.5 Å². The highest BCUT2D eigenvalue weighted by atomic mass is 32.2. The molecule has 0 aliphatic carbocycles. The second-order valence-corrected chi connectivity index (χ2v) is 8.70. The van der Waals surface area contributed by atoms with Crippen molar-refractivity contribution in [1.82, 2.24) is 20.2 Å². The monoisotopic (exact) mass is 394 g/mol. The van der Waals surface area contributed by atoms with Crippen molar-refractivity contribution < 1.29 is 14.3 Å². The quantitative estimate of drug-likeness (QED) is 0.769. The number of carbonyl (C=O) groups is 1. The van der Waals surface area contributed by atoms with Gasteiger partial charge >= 0.3 is 6.09 Å². The van der Waals surface area contributed by atoms with E-state index in [-0.39, 0.29) is 18.3 Å². The zero-order valence-electron chi connectivity index (χ0n) is 16.4. The van der Waals surface area contributed by atoms with Gasteiger partial charge in [-0.05, 0) is 46.7 Å². The summed E-state index contributed by atoms with van der Waals surface area (Å²) in [5.41, 5.74) is 1.02. The molecule has 2 fully saturated rings. The van der Waals surface area contributed by atoms with E-state index >= 15 is 0 Å². The lowest BCUT2D eigenvalue weighted by molar-refractivity contribution is 0.0504. The van der Waals surface area contributed by atoms with Gasteiger partial charge in [-0.2, -0.15) is 0 Å². The van der Waals surface area contributed by atoms with Crippen molar-refractivity contribution in [1.29, 1.82) is 0 Å². The number of aromatic nitrogens is 2. The molecule has 7 nitrogen and oxygen atoms in total. The number of nitrogens with zero attached hydrogens (tertiary/aromatic N) is 3. The number of likely N-dealkylation sites (tertiary alicyclic amines) is 1. The zero-order chi connectivity index (χ0) is 19.2. The van der Waals surface area contributed by atoms with Gasteiger partial charge in [0.1, 0.15) is 17.5 Å². The minimum Gasteiger partial charge on any atom is -0.474 e. The second-order valence-electron chi connectivity index (χ2n) is 7.41. The number of ether oxygens (including phenoxy) is 2. The third kappa shape index (κ3) is 5.72. The molecule has 27 heavy (non-hydrogen) atoms. The zero-order valence-corrected chi connectivity index (χ0v) is 17.3. The number of carbonyl (C=O) groups excluding carboxylic acids is 1. The lowest BCUT2D eigenvalue weighted by Crippen LogP contribution is -2.42. The molecule has 0 atom stereocenters. The van der Waals surface area contributed by atoms with E-state index < -0.39 is 0 Å². The van der Waals surface area contributed by atoms with Crippen LogP contribution in [-0.2, 0) is 4.74 Å². The average molecular weight is 395 g/mol. The topological polar surface area (TPSA) is 76.6 Å². The molecule has 0 bridgehead atoms. The first-order valence-electron chi connectivity index (χ1n) is 9.84. The minimum absolute atomic E-state index is 0.0680. The summed E-state index contributed by atoms with van der Waals surface area (Å²) >= 11 is 1.84. The summed E-state index contributed by atoms with van der Waals surface area (Å²) in [4.78, 5) is 22.6. The van der Waals surface area contributed by atoms with Crippen LogP contribution in [0.2, 0.25) is 0 Å². The van der Waals surface area contributed by atoms with Gasteiger partial charge in [0.05, 0.1) is 6.10 Å². The van der Waals surface area contributed by atoms with Crippen molar-refractivity contribution in [3.63, 3.8) is 0 Å². The first-order chi connectivity index (χ1) is 13.0. The number of hydrogen-bond acceptors (Lipinski definition) is 7. The Labute approximate surface area is 165 Å². The van der Waals surface area contributed by atoms with Crippen molar-refractivity contribution in [2.24, 2.45) is 0 Å². The SMILES string of the molecule is Cc1c(OC2CCN(C(=O)OC(C)C)CC2)ncnc1SC1CCNCC1. The lowest BCUT2D eigenvalue weighted by Gasteiger charge is -2.32. The summed E-state index contributed by atoms with van der Waals surface area (Å²) in [7, 11) is 0. The normalized spacial score (nSPS) is 19.3. The van der Waals surface area contributed by atoms with Crippen molar-refractivity contribution in [2.45, 2.75) is 68.9 Å². The molecule has 8 heteroatoms. The molecule has 0 unspecified atom stereocenters. The van der Waals surface area contributed by atoms with Gasteiger partial charge in [-0.3, -0.25) is 0 Å². The van der Waals surface area contributed by atoms with Crippen LogP contribution >= 0.6 is 11.8 Å². The Balaban J connectivity index is 1.54. The second kappa shape index (κ2) is 9.59. The third-order valence-electron chi connectivity index (χ3n) is 4.87. The van der Waals surface area contributed by atoms with Gasteiger partial charge in [0.25, 0.3) is 0 Å². The van der Waals surface area contributed by atoms with Crippen LogP contribution in [0, 0.1) is 6.92 Å². The van der Waals surface area contributed by atoms with Crippen LogP contribution < -0.4 is 10.1 Å². The Hall–Kier alpha value is -1.54. The van der Waals surface area contributed by atoms with Crippen molar-refractivity contribution >= 4 is 17.9 Å². The first kappa shape index (κ1) is 20.2. The largest absolute Gasteiger partial charge is 0.474 e. The lowest BCUT2D eigenvalue weighted by atomic mass is 10.1. The van der Waals surface area contributed by atoms with E-state index in [2.05, 4.69) is 15.3 Å². The van der Waals surface area contributed by atoms with Crippen LogP contribution in [0.15, 0.2) is 11.4 Å². The molecule has 150 valence electrons. The first-order valence-corrected chi connectivity index (χ1v) is 10.7. The van der Waals surface area contributed by atoms with Gasteiger partial charge in [-0.1, -0.05) is 0 Å². The fourth-order valence-electron chi connectivity index (χ4n) is 3.32. The summed E-state index contributed by atoms with van der Waals surface area (Å²) in [6.45, 7) is 9.21. The van der Waals surface area contributed by atoms with Gasteiger partial charge in [-0.15, -0.1) is 11.8 Å². The molecule has 2 saturated heterocycles. The maximum Gasteiger partial charge on any atom is 0.410 e. The van der Waals surface area contributed by atoms with Gasteiger partial charge in [0.2, 0.25) is 5.88 Å². The van der Waals surface area contributed by atoms with Crippen molar-refractivity contribution in [3.8, 4) is 5.88 Å². The highest BCUT2D eigenvalue weighted by molar-refractivity contribution is 7.99. The molecule has 3 heterocycles. The van der Waals surface area contributed by atoms with Crippen molar-refractivity contribution in [2.75, 3.05) is 26.2 Å². The van der Waals surface area contributed by atoms with E-state index in [1.54, 1.807) is 11.2 Å². The third-order valence-corrected chi connectivity index (χ3v) is 6.31. The van der Waals surface area contributed by atoms with E-state index in [9.17, 15) is 4.79 Å². The summed E-state index contributed by atoms with van der Waals surface area (Å²) in [6.07, 6.45) is 5.23. The van der Waals surface area contributed by atoms with Gasteiger partial charge in [0.15, 0.2) is 0 Å². The maximum atomic E-state index is 12.0. The van der Waals surface area contributed by atoms with E-state index in [0.29, 0.717) is 24.2 Å². The van der Waals surface area contributed by atoms with Gasteiger partial charge in [-0.25, -0.2) is 14.8 Å². The highest BCUT2D eigenvalue weighted by Gasteiger charge is 2.26. The number of thioether (sulfide) groups is 1. The molecule has 0 spiro atoms. The number of rotatable bonds is 5. The van der Waals surface area contributed by atoms with Crippen molar-refractivity contribution in [3.05, 3.63) is 11.9 Å². The fraction of sp³-hybridized carbons (Fsp3) is 0.737. The summed E-state index contributed by atoms with van der Waals surface area (Å²) in [5.74, 6) is 0.671. The van der Waals surface area contributed by atoms with Crippen LogP contribution in [0.1, 0.15) is 45.1 Å². The molecular formula is C19H30N4O3S. The van der Waals surface area contributed by atoms with Crippen LogP contribution in [0.3, 0.4) is 0 Å². The molecule has 1 N–H and O–H groups in total. The molecule has 0 aromatic carbocycles. The fourth-order valence-corrected chi connectivity index (χ4v) is 4.48. The Bertz CT molecular complexity index is 629. The van der Waals surface area contributed by atoms with E-state index in [4.69, 9.17) is 9.47 Å². The predicted molar refractivity (Wildman–Crippen MR) is 105 cm³/mol. The molecule has 0 radical (unpaired) electrons. The summed E-state index contributed by atoms with van der Waals surface area (Å²) < 4.78 is 11.4. The van der Waals surface area contributed by atoms with Crippen LogP contribution in [-0.4, -0.2) is 64.6 Å². The molecule has 1 aromatic heterocycles. The number of amides is 1. The molecule has 3 rings (SSSR count). The van der Waals surface area contributed by atoms with Crippen LogP contribution in [0.5, 0.6) is 5.88 Å². The standard InChI is InChI=1S/C19H30N4O3S/c1-13(2)25-19(24)23-10-6-15(7-11-23)26-17-14(3)18(22-12-21-17)27-16-4-8-20-9-5-16/h12-13,15-16,20H,4-11H2,1-3H3. The van der Waals surface area contributed by atoms with Gasteiger partial charge in [0, 0.05) is 36.7 Å². The smallest absolute Gasteiger partial charge is 0.410 e.